The molecule has 130 valence electrons. The van der Waals surface area contributed by atoms with Gasteiger partial charge in [0.15, 0.2) is 0 Å². The Morgan fingerprint density at radius 3 is 2.25 bits per heavy atom. The largest absolute Gasteiger partial charge is 0.507 e. The molecule has 3 rings (SSSR count). The zero-order chi connectivity index (χ0) is 18.0. The monoisotopic (exact) mass is 330 g/mol. The van der Waals surface area contributed by atoms with Gasteiger partial charge in [-0.1, -0.05) is 34.6 Å². The lowest BCUT2D eigenvalue weighted by atomic mass is 9.48. The second-order valence-corrected chi connectivity index (χ2v) is 8.58. The maximum absolute atomic E-state index is 12.9. The molecule has 1 fully saturated rings. The molecule has 0 aromatic heterocycles. The summed E-state index contributed by atoms with van der Waals surface area (Å²) in [6.07, 6.45) is 2.29. The number of fused-ring (bicyclic) bond motifs is 2. The number of carbonyl (C=O) groups excluding carboxylic acids is 3. The molecule has 3 aliphatic rings. The van der Waals surface area contributed by atoms with Crippen molar-refractivity contribution < 1.29 is 19.5 Å². The van der Waals surface area contributed by atoms with E-state index in [0.717, 1.165) is 6.42 Å². The summed E-state index contributed by atoms with van der Waals surface area (Å²) in [5.74, 6) is -0.965. The highest BCUT2D eigenvalue weighted by atomic mass is 16.3. The number of Topliss-reactive ketones (excluding diaryl/α,β-unsaturated/α-hetero) is 3. The molecule has 0 spiro atoms. The molecular formula is C20H26O4. The van der Waals surface area contributed by atoms with Gasteiger partial charge in [0.1, 0.15) is 11.5 Å². The number of hydrogen-bond donors (Lipinski definition) is 1. The van der Waals surface area contributed by atoms with E-state index in [4.69, 9.17) is 0 Å². The van der Waals surface area contributed by atoms with Gasteiger partial charge < -0.3 is 5.11 Å². The fourth-order valence-corrected chi connectivity index (χ4v) is 5.27. The van der Waals surface area contributed by atoms with E-state index in [2.05, 4.69) is 0 Å². The fraction of sp³-hybridized carbons (Fsp3) is 0.650. The molecule has 1 N–H and O–H groups in total. The highest BCUT2D eigenvalue weighted by Crippen LogP contribution is 2.60. The summed E-state index contributed by atoms with van der Waals surface area (Å²) in [6.45, 7) is 9.54. The van der Waals surface area contributed by atoms with E-state index in [1.54, 1.807) is 0 Å². The van der Waals surface area contributed by atoms with Crippen molar-refractivity contribution in [2.75, 3.05) is 0 Å². The van der Waals surface area contributed by atoms with E-state index < -0.39 is 22.4 Å². The van der Waals surface area contributed by atoms with Crippen LogP contribution in [0, 0.1) is 22.7 Å². The molecule has 1 saturated carbocycles. The van der Waals surface area contributed by atoms with Gasteiger partial charge in [-0.05, 0) is 31.1 Å². The molecule has 0 aromatic rings. The van der Waals surface area contributed by atoms with Crippen LogP contribution in [0.3, 0.4) is 0 Å². The Kier molecular flexibility index (Phi) is 3.67. The lowest BCUT2D eigenvalue weighted by molar-refractivity contribution is -0.141. The minimum Gasteiger partial charge on any atom is -0.507 e. The molecule has 24 heavy (non-hydrogen) atoms. The Morgan fingerprint density at radius 1 is 1.04 bits per heavy atom. The van der Waals surface area contributed by atoms with Crippen LogP contribution < -0.4 is 0 Å². The topological polar surface area (TPSA) is 71.4 Å². The standard InChI is InChI=1S/C20H26O4/c1-10(2)14-16(22)11-6-7-12-19(3,4)13(21)8-9-20(12,5)15(11)18(24)17(14)23/h10,12,22H,6-9H2,1-5H3/t12-,20-/m0/s1. The fourth-order valence-electron chi connectivity index (χ4n) is 5.27. The van der Waals surface area contributed by atoms with Crippen LogP contribution in [0.5, 0.6) is 0 Å². The van der Waals surface area contributed by atoms with Gasteiger partial charge in [-0.15, -0.1) is 0 Å². The molecule has 0 amide bonds. The number of aliphatic hydroxyl groups is 1. The molecule has 0 heterocycles. The van der Waals surface area contributed by atoms with E-state index in [1.165, 1.54) is 0 Å². The van der Waals surface area contributed by atoms with E-state index in [-0.39, 0.29) is 29.0 Å². The smallest absolute Gasteiger partial charge is 0.233 e. The first-order valence-corrected chi connectivity index (χ1v) is 8.83. The van der Waals surface area contributed by atoms with Crippen LogP contribution in [0.4, 0.5) is 0 Å². The second kappa shape index (κ2) is 5.14. The van der Waals surface area contributed by atoms with E-state index in [9.17, 15) is 19.5 Å². The Balaban J connectivity index is 2.22. The Morgan fingerprint density at radius 2 is 1.67 bits per heavy atom. The van der Waals surface area contributed by atoms with E-state index in [1.807, 2.05) is 34.6 Å². The summed E-state index contributed by atoms with van der Waals surface area (Å²) in [4.78, 5) is 37.9. The number of carbonyl (C=O) groups is 3. The third kappa shape index (κ3) is 2.01. The van der Waals surface area contributed by atoms with E-state index >= 15 is 0 Å². The highest BCUT2D eigenvalue weighted by molar-refractivity contribution is 6.50. The van der Waals surface area contributed by atoms with Gasteiger partial charge in [-0.2, -0.15) is 0 Å². The van der Waals surface area contributed by atoms with E-state index in [0.29, 0.717) is 30.4 Å². The second-order valence-electron chi connectivity index (χ2n) is 8.58. The maximum Gasteiger partial charge on any atom is 0.233 e. The zero-order valence-corrected chi connectivity index (χ0v) is 15.2. The maximum atomic E-state index is 12.9. The number of hydrogen-bond acceptors (Lipinski definition) is 4. The van der Waals surface area contributed by atoms with Crippen LogP contribution in [0.25, 0.3) is 0 Å². The lowest BCUT2D eigenvalue weighted by Crippen LogP contribution is -2.53. The first-order valence-electron chi connectivity index (χ1n) is 8.83. The van der Waals surface area contributed by atoms with Gasteiger partial charge in [0.25, 0.3) is 0 Å². The van der Waals surface area contributed by atoms with Crippen molar-refractivity contribution in [3.63, 3.8) is 0 Å². The highest BCUT2D eigenvalue weighted by Gasteiger charge is 2.57. The molecule has 3 aliphatic carbocycles. The zero-order valence-electron chi connectivity index (χ0n) is 15.2. The summed E-state index contributed by atoms with van der Waals surface area (Å²) in [6, 6.07) is 0. The first kappa shape index (κ1) is 17.1. The predicted octanol–water partition coefficient (Wildman–Crippen LogP) is 3.71. The normalized spacial score (nSPS) is 33.1. The molecule has 0 saturated heterocycles. The van der Waals surface area contributed by atoms with Gasteiger partial charge >= 0.3 is 0 Å². The van der Waals surface area contributed by atoms with Crippen LogP contribution in [-0.2, 0) is 14.4 Å². The van der Waals surface area contributed by atoms with Crippen molar-refractivity contribution in [3.05, 3.63) is 22.5 Å². The number of allylic oxidation sites excluding steroid dienone is 3. The molecule has 4 heteroatoms. The summed E-state index contributed by atoms with van der Waals surface area (Å²) in [5.41, 5.74) is 0.339. The van der Waals surface area contributed by atoms with Gasteiger partial charge in [-0.3, -0.25) is 14.4 Å². The average Bonchev–Trinajstić information content (AvgIpc) is 2.48. The van der Waals surface area contributed by atoms with Crippen molar-refractivity contribution in [2.24, 2.45) is 22.7 Å². The Labute approximate surface area is 143 Å². The molecule has 4 nitrogen and oxygen atoms in total. The Bertz CT molecular complexity index is 720. The Hall–Kier alpha value is -1.71. The summed E-state index contributed by atoms with van der Waals surface area (Å²) >= 11 is 0. The van der Waals surface area contributed by atoms with Crippen LogP contribution >= 0.6 is 0 Å². The number of ketones is 3. The minimum absolute atomic E-state index is 0.0129. The molecule has 0 unspecified atom stereocenters. The lowest BCUT2D eigenvalue weighted by Gasteiger charge is -2.54. The van der Waals surface area contributed by atoms with Gasteiger partial charge in [0.2, 0.25) is 11.6 Å². The predicted molar refractivity (Wildman–Crippen MR) is 90.4 cm³/mol. The average molecular weight is 330 g/mol. The molecular weight excluding hydrogens is 304 g/mol. The van der Waals surface area contributed by atoms with Gasteiger partial charge in [0, 0.05) is 34.0 Å². The molecule has 0 aromatic carbocycles. The summed E-state index contributed by atoms with van der Waals surface area (Å²) in [7, 11) is 0. The molecule has 2 atom stereocenters. The molecule has 0 bridgehead atoms. The van der Waals surface area contributed by atoms with Crippen molar-refractivity contribution in [1.82, 2.24) is 0 Å². The number of aliphatic hydroxyl groups excluding tert-OH is 1. The first-order chi connectivity index (χ1) is 11.0. The number of rotatable bonds is 1. The van der Waals surface area contributed by atoms with Gasteiger partial charge in [-0.25, -0.2) is 0 Å². The van der Waals surface area contributed by atoms with Crippen LogP contribution in [0.1, 0.15) is 60.3 Å². The summed E-state index contributed by atoms with van der Waals surface area (Å²) in [5, 5.41) is 10.7. The SMILES string of the molecule is CC(C)C1=C(O)C2=C(C(=O)C1=O)[C@@]1(C)CCC(=O)C(C)(C)[C@@H]1CC2. The molecule has 0 aliphatic heterocycles. The third-order valence-electron chi connectivity index (χ3n) is 6.58. The third-order valence-corrected chi connectivity index (χ3v) is 6.58. The van der Waals surface area contributed by atoms with Crippen LogP contribution in [0.2, 0.25) is 0 Å². The molecule has 0 radical (unpaired) electrons. The summed E-state index contributed by atoms with van der Waals surface area (Å²) < 4.78 is 0. The van der Waals surface area contributed by atoms with Crippen LogP contribution in [-0.4, -0.2) is 22.5 Å². The van der Waals surface area contributed by atoms with Crippen LogP contribution in [0.15, 0.2) is 22.5 Å². The van der Waals surface area contributed by atoms with Crippen molar-refractivity contribution in [1.29, 1.82) is 0 Å². The van der Waals surface area contributed by atoms with Crippen molar-refractivity contribution >= 4 is 17.3 Å². The van der Waals surface area contributed by atoms with Gasteiger partial charge in [0.05, 0.1) is 0 Å². The quantitative estimate of drug-likeness (QED) is 0.588. The van der Waals surface area contributed by atoms with Crippen molar-refractivity contribution in [2.45, 2.75) is 60.3 Å². The minimum atomic E-state index is -0.571. The van der Waals surface area contributed by atoms with Crippen molar-refractivity contribution in [3.8, 4) is 0 Å².